The molecule has 1 fully saturated rings. The van der Waals surface area contributed by atoms with Gasteiger partial charge in [-0.2, -0.15) is 0 Å². The van der Waals surface area contributed by atoms with Crippen LogP contribution in [0.4, 0.5) is 0 Å². The summed E-state index contributed by atoms with van der Waals surface area (Å²) in [5.41, 5.74) is 0. The Balaban J connectivity index is 2.16. The topological polar surface area (TPSA) is 39.7 Å². The average molecular weight is 268 g/mol. The molecule has 0 atom stereocenters. The van der Waals surface area contributed by atoms with Crippen LogP contribution < -0.4 is 10.6 Å². The van der Waals surface area contributed by atoms with E-state index < -0.39 is 0 Å². The van der Waals surface area contributed by atoms with Gasteiger partial charge in [-0.05, 0) is 39.3 Å². The van der Waals surface area contributed by atoms with Gasteiger partial charge in [0.15, 0.2) is 5.96 Å². The number of nitrogens with one attached hydrogen (secondary N) is 2. The van der Waals surface area contributed by atoms with Crippen LogP contribution in [0.25, 0.3) is 0 Å². The molecule has 0 aromatic carbocycles. The van der Waals surface area contributed by atoms with Crippen LogP contribution in [0.5, 0.6) is 0 Å². The molecule has 1 saturated heterocycles. The summed E-state index contributed by atoms with van der Waals surface area (Å²) in [4.78, 5) is 7.16. The number of likely N-dealkylation sites (tertiary alicyclic amines) is 1. The first kappa shape index (κ1) is 16.3. The molecule has 1 rings (SSSR count). The second-order valence-corrected chi connectivity index (χ2v) is 5.30. The number of nitrogens with zero attached hydrogens (tertiary/aromatic N) is 2. The van der Waals surface area contributed by atoms with Gasteiger partial charge in [0.2, 0.25) is 0 Å². The van der Waals surface area contributed by atoms with E-state index in [4.69, 9.17) is 0 Å². The highest BCUT2D eigenvalue weighted by Gasteiger charge is 2.09. The lowest BCUT2D eigenvalue weighted by atomic mass is 10.1. The lowest BCUT2D eigenvalue weighted by Crippen LogP contribution is -2.42. The first-order valence-electron chi connectivity index (χ1n) is 8.11. The van der Waals surface area contributed by atoms with E-state index in [-0.39, 0.29) is 0 Å². The summed E-state index contributed by atoms with van der Waals surface area (Å²) in [5, 5.41) is 6.76. The SMILES string of the molecule is CCCCCN=C(NCC)NCCN1CCCCC1. The van der Waals surface area contributed by atoms with Crippen molar-refractivity contribution in [2.45, 2.75) is 52.4 Å². The van der Waals surface area contributed by atoms with Crippen molar-refractivity contribution in [3.05, 3.63) is 0 Å². The van der Waals surface area contributed by atoms with Crippen molar-refractivity contribution in [1.82, 2.24) is 15.5 Å². The zero-order chi connectivity index (χ0) is 13.8. The number of aliphatic imine (C=N–C) groups is 1. The summed E-state index contributed by atoms with van der Waals surface area (Å²) < 4.78 is 0. The van der Waals surface area contributed by atoms with Crippen LogP contribution in [0.15, 0.2) is 4.99 Å². The van der Waals surface area contributed by atoms with Crippen molar-refractivity contribution >= 4 is 5.96 Å². The van der Waals surface area contributed by atoms with Gasteiger partial charge in [0, 0.05) is 26.2 Å². The molecule has 0 aliphatic carbocycles. The molecule has 4 heteroatoms. The van der Waals surface area contributed by atoms with Gasteiger partial charge in [-0.1, -0.05) is 26.2 Å². The summed E-state index contributed by atoms with van der Waals surface area (Å²) in [7, 11) is 0. The van der Waals surface area contributed by atoms with Gasteiger partial charge in [0.05, 0.1) is 0 Å². The molecule has 2 N–H and O–H groups in total. The number of piperidine rings is 1. The molecule has 0 radical (unpaired) electrons. The molecular formula is C15H32N4. The van der Waals surface area contributed by atoms with Crippen molar-refractivity contribution in [2.24, 2.45) is 4.99 Å². The second kappa shape index (κ2) is 11.1. The van der Waals surface area contributed by atoms with Crippen molar-refractivity contribution in [3.63, 3.8) is 0 Å². The minimum absolute atomic E-state index is 0.934. The Morgan fingerprint density at radius 2 is 1.84 bits per heavy atom. The molecule has 0 aromatic heterocycles. The lowest BCUT2D eigenvalue weighted by Gasteiger charge is -2.26. The van der Waals surface area contributed by atoms with Crippen LogP contribution >= 0.6 is 0 Å². The smallest absolute Gasteiger partial charge is 0.191 e. The third kappa shape index (κ3) is 8.09. The second-order valence-electron chi connectivity index (χ2n) is 5.30. The normalized spacial score (nSPS) is 17.5. The van der Waals surface area contributed by atoms with Gasteiger partial charge in [-0.3, -0.25) is 4.99 Å². The third-order valence-corrected chi connectivity index (χ3v) is 3.54. The maximum atomic E-state index is 4.61. The molecule has 0 bridgehead atoms. The fourth-order valence-electron chi connectivity index (χ4n) is 2.41. The van der Waals surface area contributed by atoms with E-state index in [1.165, 1.54) is 51.6 Å². The van der Waals surface area contributed by atoms with Gasteiger partial charge in [-0.15, -0.1) is 0 Å². The van der Waals surface area contributed by atoms with Crippen molar-refractivity contribution in [1.29, 1.82) is 0 Å². The fraction of sp³-hybridized carbons (Fsp3) is 0.933. The monoisotopic (exact) mass is 268 g/mol. The molecular weight excluding hydrogens is 236 g/mol. The fourth-order valence-corrected chi connectivity index (χ4v) is 2.41. The van der Waals surface area contributed by atoms with E-state index in [0.717, 1.165) is 32.1 Å². The quantitative estimate of drug-likeness (QED) is 0.403. The molecule has 0 aromatic rings. The minimum atomic E-state index is 0.934. The number of hydrogen-bond donors (Lipinski definition) is 2. The Labute approximate surface area is 119 Å². The Bertz CT molecular complexity index is 234. The molecule has 1 heterocycles. The van der Waals surface area contributed by atoms with Gasteiger partial charge >= 0.3 is 0 Å². The Hall–Kier alpha value is -0.770. The predicted octanol–water partition coefficient (Wildman–Crippen LogP) is 2.22. The van der Waals surface area contributed by atoms with Crippen molar-refractivity contribution < 1.29 is 0 Å². The molecule has 112 valence electrons. The van der Waals surface area contributed by atoms with E-state index in [0.29, 0.717) is 0 Å². The van der Waals surface area contributed by atoms with Crippen LogP contribution in [-0.4, -0.2) is 50.1 Å². The highest BCUT2D eigenvalue weighted by Crippen LogP contribution is 2.07. The maximum Gasteiger partial charge on any atom is 0.191 e. The highest BCUT2D eigenvalue weighted by molar-refractivity contribution is 5.79. The first-order chi connectivity index (χ1) is 9.36. The van der Waals surface area contributed by atoms with Gasteiger partial charge in [-0.25, -0.2) is 0 Å². The Morgan fingerprint density at radius 1 is 1.05 bits per heavy atom. The summed E-state index contributed by atoms with van der Waals surface area (Å²) in [6, 6.07) is 0. The van der Waals surface area contributed by atoms with E-state index in [1.807, 2.05) is 0 Å². The van der Waals surface area contributed by atoms with Crippen LogP contribution in [-0.2, 0) is 0 Å². The molecule has 1 aliphatic heterocycles. The number of hydrogen-bond acceptors (Lipinski definition) is 2. The van der Waals surface area contributed by atoms with Crippen LogP contribution in [0, 0.1) is 0 Å². The summed E-state index contributed by atoms with van der Waals surface area (Å²) >= 11 is 0. The summed E-state index contributed by atoms with van der Waals surface area (Å²) in [6.07, 6.45) is 7.87. The number of rotatable bonds is 8. The summed E-state index contributed by atoms with van der Waals surface area (Å²) in [5.74, 6) is 0.982. The predicted molar refractivity (Wildman–Crippen MR) is 83.8 cm³/mol. The molecule has 0 saturated carbocycles. The maximum absolute atomic E-state index is 4.61. The van der Waals surface area contributed by atoms with E-state index in [2.05, 4.69) is 34.4 Å². The van der Waals surface area contributed by atoms with E-state index >= 15 is 0 Å². The first-order valence-corrected chi connectivity index (χ1v) is 8.11. The molecule has 0 unspecified atom stereocenters. The average Bonchev–Trinajstić information content (AvgIpc) is 2.44. The Morgan fingerprint density at radius 3 is 2.53 bits per heavy atom. The summed E-state index contributed by atoms with van der Waals surface area (Å²) in [6.45, 7) is 10.9. The zero-order valence-corrected chi connectivity index (χ0v) is 12.9. The van der Waals surface area contributed by atoms with Crippen molar-refractivity contribution in [3.8, 4) is 0 Å². The van der Waals surface area contributed by atoms with Crippen LogP contribution in [0.2, 0.25) is 0 Å². The van der Waals surface area contributed by atoms with E-state index in [1.54, 1.807) is 0 Å². The third-order valence-electron chi connectivity index (χ3n) is 3.54. The highest BCUT2D eigenvalue weighted by atomic mass is 15.2. The van der Waals surface area contributed by atoms with Crippen LogP contribution in [0.3, 0.4) is 0 Å². The molecule has 0 amide bonds. The number of unbranched alkanes of at least 4 members (excludes halogenated alkanes) is 2. The Kier molecular flexibility index (Phi) is 9.51. The van der Waals surface area contributed by atoms with E-state index in [9.17, 15) is 0 Å². The minimum Gasteiger partial charge on any atom is -0.357 e. The van der Waals surface area contributed by atoms with Crippen LogP contribution in [0.1, 0.15) is 52.4 Å². The van der Waals surface area contributed by atoms with Gasteiger partial charge in [0.1, 0.15) is 0 Å². The largest absolute Gasteiger partial charge is 0.357 e. The number of guanidine groups is 1. The molecule has 19 heavy (non-hydrogen) atoms. The lowest BCUT2D eigenvalue weighted by molar-refractivity contribution is 0.232. The van der Waals surface area contributed by atoms with Gasteiger partial charge < -0.3 is 15.5 Å². The zero-order valence-electron chi connectivity index (χ0n) is 12.9. The van der Waals surface area contributed by atoms with Gasteiger partial charge in [0.25, 0.3) is 0 Å². The van der Waals surface area contributed by atoms with Crippen molar-refractivity contribution in [2.75, 3.05) is 39.3 Å². The molecule has 1 aliphatic rings. The molecule has 0 spiro atoms. The molecule has 4 nitrogen and oxygen atoms in total. The standard InChI is InChI=1S/C15H32N4/c1-3-5-7-10-17-15(16-4-2)18-11-14-19-12-8-6-9-13-19/h3-14H2,1-2H3,(H2,16,17,18).